The van der Waals surface area contributed by atoms with Gasteiger partial charge in [-0.3, -0.25) is 4.90 Å². The lowest BCUT2D eigenvalue weighted by Gasteiger charge is -2.26. The van der Waals surface area contributed by atoms with E-state index in [0.29, 0.717) is 6.61 Å². The van der Waals surface area contributed by atoms with Gasteiger partial charge in [0.25, 0.3) is 0 Å². The van der Waals surface area contributed by atoms with Crippen molar-refractivity contribution in [2.75, 3.05) is 32.8 Å². The maximum absolute atomic E-state index is 13.5. The first-order chi connectivity index (χ1) is 10.2. The highest BCUT2D eigenvalue weighted by Crippen LogP contribution is 2.26. The molecule has 1 fully saturated rings. The molecule has 1 aromatic rings. The standard InChI is InChI=1S/C17H27FN2O/c1-3-19-14(2)16-13-15(18)7-8-17(16)21-12-11-20-9-5-4-6-10-20/h7-8,13-14,19H,3-6,9-12H2,1-2H3. The molecule has 1 heterocycles. The molecule has 1 aromatic carbocycles. The van der Waals surface area contributed by atoms with Crippen LogP contribution in [0.5, 0.6) is 5.75 Å². The van der Waals surface area contributed by atoms with Crippen molar-refractivity contribution in [1.82, 2.24) is 10.2 Å². The van der Waals surface area contributed by atoms with Crippen molar-refractivity contribution < 1.29 is 9.13 Å². The summed E-state index contributed by atoms with van der Waals surface area (Å²) in [6, 6.07) is 4.88. The topological polar surface area (TPSA) is 24.5 Å². The molecule has 0 aromatic heterocycles. The molecule has 4 heteroatoms. The first-order valence-corrected chi connectivity index (χ1v) is 8.08. The highest BCUT2D eigenvalue weighted by atomic mass is 19.1. The molecule has 1 aliphatic rings. The SMILES string of the molecule is CCNC(C)c1cc(F)ccc1OCCN1CCCCC1. The maximum Gasteiger partial charge on any atom is 0.124 e. The summed E-state index contributed by atoms with van der Waals surface area (Å²) in [5.74, 6) is 0.583. The van der Waals surface area contributed by atoms with Crippen molar-refractivity contribution >= 4 is 0 Å². The highest BCUT2D eigenvalue weighted by Gasteiger charge is 2.13. The van der Waals surface area contributed by atoms with E-state index in [-0.39, 0.29) is 11.9 Å². The molecular weight excluding hydrogens is 267 g/mol. The molecule has 1 atom stereocenters. The molecule has 21 heavy (non-hydrogen) atoms. The van der Waals surface area contributed by atoms with E-state index < -0.39 is 0 Å². The van der Waals surface area contributed by atoms with Crippen molar-refractivity contribution in [3.05, 3.63) is 29.6 Å². The molecule has 1 unspecified atom stereocenters. The predicted octanol–water partition coefficient (Wildman–Crippen LogP) is 3.36. The summed E-state index contributed by atoms with van der Waals surface area (Å²) >= 11 is 0. The van der Waals surface area contributed by atoms with Crippen LogP contribution in [0.2, 0.25) is 0 Å². The molecule has 2 rings (SSSR count). The zero-order valence-corrected chi connectivity index (χ0v) is 13.2. The number of hydrogen-bond donors (Lipinski definition) is 1. The number of likely N-dealkylation sites (tertiary alicyclic amines) is 1. The molecule has 0 radical (unpaired) electrons. The van der Waals surface area contributed by atoms with E-state index in [2.05, 4.69) is 10.2 Å². The minimum atomic E-state index is -0.210. The normalized spacial score (nSPS) is 17.7. The fourth-order valence-electron chi connectivity index (χ4n) is 2.87. The molecule has 0 amide bonds. The van der Waals surface area contributed by atoms with Crippen LogP contribution in [0.25, 0.3) is 0 Å². The van der Waals surface area contributed by atoms with Crippen molar-refractivity contribution in [3.8, 4) is 5.75 Å². The van der Waals surface area contributed by atoms with Gasteiger partial charge in [-0.05, 0) is 57.6 Å². The Morgan fingerprint density at radius 3 is 2.76 bits per heavy atom. The van der Waals surface area contributed by atoms with Crippen LogP contribution in [-0.4, -0.2) is 37.7 Å². The first-order valence-electron chi connectivity index (χ1n) is 8.08. The van der Waals surface area contributed by atoms with Crippen LogP contribution in [0.4, 0.5) is 4.39 Å². The molecule has 118 valence electrons. The Kier molecular flexibility index (Phi) is 6.46. The summed E-state index contributed by atoms with van der Waals surface area (Å²) in [7, 11) is 0. The third kappa shape index (κ3) is 4.97. The molecule has 3 nitrogen and oxygen atoms in total. The lowest BCUT2D eigenvalue weighted by molar-refractivity contribution is 0.182. The van der Waals surface area contributed by atoms with Gasteiger partial charge in [0.15, 0.2) is 0 Å². The minimum absolute atomic E-state index is 0.0932. The largest absolute Gasteiger partial charge is 0.492 e. The quantitative estimate of drug-likeness (QED) is 0.834. The average Bonchev–Trinajstić information content (AvgIpc) is 2.50. The summed E-state index contributed by atoms with van der Waals surface area (Å²) in [5.41, 5.74) is 0.899. The smallest absolute Gasteiger partial charge is 0.124 e. The highest BCUT2D eigenvalue weighted by molar-refractivity contribution is 5.36. The second kappa shape index (κ2) is 8.35. The lowest BCUT2D eigenvalue weighted by Crippen LogP contribution is -2.33. The maximum atomic E-state index is 13.5. The molecular formula is C17H27FN2O. The van der Waals surface area contributed by atoms with Crippen LogP contribution in [0.15, 0.2) is 18.2 Å². The Morgan fingerprint density at radius 1 is 1.29 bits per heavy atom. The third-order valence-corrected chi connectivity index (χ3v) is 4.06. The van der Waals surface area contributed by atoms with E-state index in [9.17, 15) is 4.39 Å². The zero-order valence-electron chi connectivity index (χ0n) is 13.2. The van der Waals surface area contributed by atoms with Gasteiger partial charge < -0.3 is 10.1 Å². The Morgan fingerprint density at radius 2 is 2.05 bits per heavy atom. The van der Waals surface area contributed by atoms with E-state index in [0.717, 1.165) is 24.4 Å². The summed E-state index contributed by atoms with van der Waals surface area (Å²) in [6.07, 6.45) is 3.93. The molecule has 1 N–H and O–H groups in total. The second-order valence-corrected chi connectivity index (χ2v) is 5.71. The lowest BCUT2D eigenvalue weighted by atomic mass is 10.1. The summed E-state index contributed by atoms with van der Waals surface area (Å²) in [4.78, 5) is 2.44. The van der Waals surface area contributed by atoms with E-state index in [1.807, 2.05) is 13.8 Å². The number of halogens is 1. The Labute approximate surface area is 127 Å². The number of benzene rings is 1. The Hall–Kier alpha value is -1.13. The van der Waals surface area contributed by atoms with Gasteiger partial charge >= 0.3 is 0 Å². The van der Waals surface area contributed by atoms with Crippen LogP contribution in [0, 0.1) is 5.82 Å². The molecule has 0 saturated carbocycles. The number of ether oxygens (including phenoxy) is 1. The Balaban J connectivity index is 1.91. The first kappa shape index (κ1) is 16.2. The van der Waals surface area contributed by atoms with Crippen molar-refractivity contribution in [2.45, 2.75) is 39.2 Å². The van der Waals surface area contributed by atoms with Gasteiger partial charge in [0.05, 0.1) is 0 Å². The monoisotopic (exact) mass is 294 g/mol. The summed E-state index contributed by atoms with van der Waals surface area (Å²) in [6.45, 7) is 8.90. The fraction of sp³-hybridized carbons (Fsp3) is 0.647. The van der Waals surface area contributed by atoms with Gasteiger partial charge in [0.2, 0.25) is 0 Å². The molecule has 1 aliphatic heterocycles. The van der Waals surface area contributed by atoms with Gasteiger partial charge in [-0.2, -0.15) is 0 Å². The second-order valence-electron chi connectivity index (χ2n) is 5.71. The van der Waals surface area contributed by atoms with Crippen LogP contribution in [0.3, 0.4) is 0 Å². The number of nitrogens with one attached hydrogen (secondary N) is 1. The van der Waals surface area contributed by atoms with Crippen LogP contribution >= 0.6 is 0 Å². The van der Waals surface area contributed by atoms with Gasteiger partial charge in [-0.15, -0.1) is 0 Å². The van der Waals surface area contributed by atoms with Crippen molar-refractivity contribution in [3.63, 3.8) is 0 Å². The summed E-state index contributed by atoms with van der Waals surface area (Å²) < 4.78 is 19.4. The van der Waals surface area contributed by atoms with E-state index in [1.165, 1.54) is 38.4 Å². The number of nitrogens with zero attached hydrogens (tertiary/aromatic N) is 1. The zero-order chi connectivity index (χ0) is 15.1. The van der Waals surface area contributed by atoms with Gasteiger partial charge in [0, 0.05) is 18.2 Å². The van der Waals surface area contributed by atoms with Crippen LogP contribution < -0.4 is 10.1 Å². The molecule has 0 bridgehead atoms. The minimum Gasteiger partial charge on any atom is -0.492 e. The van der Waals surface area contributed by atoms with E-state index in [4.69, 9.17) is 4.74 Å². The van der Waals surface area contributed by atoms with Crippen molar-refractivity contribution in [1.29, 1.82) is 0 Å². The van der Waals surface area contributed by atoms with Gasteiger partial charge in [-0.1, -0.05) is 13.3 Å². The molecule has 0 spiro atoms. The summed E-state index contributed by atoms with van der Waals surface area (Å²) in [5, 5.41) is 3.31. The fourth-order valence-corrected chi connectivity index (χ4v) is 2.87. The number of piperidine rings is 1. The Bertz CT molecular complexity index is 433. The predicted molar refractivity (Wildman–Crippen MR) is 84.3 cm³/mol. The van der Waals surface area contributed by atoms with Gasteiger partial charge in [-0.25, -0.2) is 4.39 Å². The van der Waals surface area contributed by atoms with Crippen LogP contribution in [-0.2, 0) is 0 Å². The van der Waals surface area contributed by atoms with Crippen LogP contribution in [0.1, 0.15) is 44.7 Å². The molecule has 0 aliphatic carbocycles. The number of rotatable bonds is 7. The number of hydrogen-bond acceptors (Lipinski definition) is 3. The van der Waals surface area contributed by atoms with E-state index in [1.54, 1.807) is 12.1 Å². The third-order valence-electron chi connectivity index (χ3n) is 4.06. The van der Waals surface area contributed by atoms with Crippen molar-refractivity contribution in [2.24, 2.45) is 0 Å². The molecule has 1 saturated heterocycles. The van der Waals surface area contributed by atoms with Gasteiger partial charge in [0.1, 0.15) is 18.2 Å². The van der Waals surface area contributed by atoms with E-state index >= 15 is 0 Å². The average molecular weight is 294 g/mol.